The Balaban J connectivity index is 2.70. The first kappa shape index (κ1) is 17.0. The smallest absolute Gasteiger partial charge is 0.416 e. The Morgan fingerprint density at radius 2 is 1.86 bits per heavy atom. The lowest BCUT2D eigenvalue weighted by molar-refractivity contribution is -0.139. The van der Waals surface area contributed by atoms with E-state index < -0.39 is 29.7 Å². The van der Waals surface area contributed by atoms with Crippen LogP contribution in [0.3, 0.4) is 0 Å². The lowest BCUT2D eigenvalue weighted by Crippen LogP contribution is -2.28. The number of amides is 1. The van der Waals surface area contributed by atoms with Crippen LogP contribution < -0.4 is 5.32 Å². The number of aliphatic carboxylic acids is 1. The van der Waals surface area contributed by atoms with Crippen LogP contribution in [0.25, 0.3) is 0 Å². The van der Waals surface area contributed by atoms with E-state index in [9.17, 15) is 22.8 Å². The van der Waals surface area contributed by atoms with E-state index in [4.69, 9.17) is 5.11 Å². The first-order valence-electron chi connectivity index (χ1n) is 6.39. The maximum Gasteiger partial charge on any atom is 0.416 e. The lowest BCUT2D eigenvalue weighted by Gasteiger charge is -2.19. The number of carboxylic acids is 1. The third-order valence-electron chi connectivity index (χ3n) is 2.90. The number of hydrogen-bond donors (Lipinski definition) is 2. The van der Waals surface area contributed by atoms with Crippen LogP contribution in [0.1, 0.15) is 43.4 Å². The maximum atomic E-state index is 12.9. The van der Waals surface area contributed by atoms with Crippen LogP contribution in [0.4, 0.5) is 13.2 Å². The highest BCUT2D eigenvalue weighted by Crippen LogP contribution is 2.34. The van der Waals surface area contributed by atoms with Gasteiger partial charge in [0.25, 0.3) is 0 Å². The minimum Gasteiger partial charge on any atom is -0.481 e. The molecule has 0 heterocycles. The standard InChI is InChI=1S/C14H16F3NO3/c1-9(18-12(19)7-4-8-13(20)21)10-5-2-3-6-11(10)14(15,16)17/h2-3,5-6,9H,4,7-8H2,1H3,(H,18,19)(H,20,21)/t9-/m1/s1. The molecule has 1 aromatic carbocycles. The molecule has 1 atom stereocenters. The Morgan fingerprint density at radius 3 is 2.43 bits per heavy atom. The third-order valence-corrected chi connectivity index (χ3v) is 2.90. The fraction of sp³-hybridized carbons (Fsp3) is 0.429. The molecule has 7 heteroatoms. The molecule has 0 bridgehead atoms. The van der Waals surface area contributed by atoms with Crippen molar-refractivity contribution in [2.75, 3.05) is 0 Å². The quantitative estimate of drug-likeness (QED) is 0.848. The minimum atomic E-state index is -4.49. The number of carboxylic acid groups (broad SMARTS) is 1. The maximum absolute atomic E-state index is 12.9. The number of hydrogen-bond acceptors (Lipinski definition) is 2. The van der Waals surface area contributed by atoms with Crippen LogP contribution in [0.5, 0.6) is 0 Å². The summed E-state index contributed by atoms with van der Waals surface area (Å²) in [7, 11) is 0. The number of benzene rings is 1. The van der Waals surface area contributed by atoms with E-state index in [1.54, 1.807) is 0 Å². The molecule has 116 valence electrons. The second-order valence-corrected chi connectivity index (χ2v) is 4.62. The van der Waals surface area contributed by atoms with Gasteiger partial charge >= 0.3 is 12.1 Å². The molecule has 0 unspecified atom stereocenters. The molecule has 0 aliphatic heterocycles. The number of halogens is 3. The van der Waals surface area contributed by atoms with Crippen LogP contribution in [-0.4, -0.2) is 17.0 Å². The fourth-order valence-electron chi connectivity index (χ4n) is 1.92. The number of rotatable bonds is 6. The van der Waals surface area contributed by atoms with Crippen molar-refractivity contribution in [2.24, 2.45) is 0 Å². The molecule has 0 saturated heterocycles. The van der Waals surface area contributed by atoms with E-state index in [0.717, 1.165) is 6.07 Å². The molecule has 2 N–H and O–H groups in total. The van der Waals surface area contributed by atoms with Crippen LogP contribution in [-0.2, 0) is 15.8 Å². The Bertz CT molecular complexity index is 514. The van der Waals surface area contributed by atoms with Gasteiger partial charge in [-0.3, -0.25) is 9.59 Å². The zero-order chi connectivity index (χ0) is 16.0. The zero-order valence-corrected chi connectivity index (χ0v) is 11.4. The highest BCUT2D eigenvalue weighted by atomic mass is 19.4. The van der Waals surface area contributed by atoms with Crippen molar-refractivity contribution in [3.8, 4) is 0 Å². The van der Waals surface area contributed by atoms with Gasteiger partial charge in [-0.1, -0.05) is 18.2 Å². The molecular formula is C14H16F3NO3. The van der Waals surface area contributed by atoms with Crippen LogP contribution in [0.15, 0.2) is 24.3 Å². The van der Waals surface area contributed by atoms with E-state index in [1.807, 2.05) is 0 Å². The topological polar surface area (TPSA) is 66.4 Å². The molecule has 0 aliphatic carbocycles. The van der Waals surface area contributed by atoms with Gasteiger partial charge in [-0.25, -0.2) is 0 Å². The summed E-state index contributed by atoms with van der Waals surface area (Å²) < 4.78 is 38.6. The van der Waals surface area contributed by atoms with Crippen molar-refractivity contribution >= 4 is 11.9 Å². The summed E-state index contributed by atoms with van der Waals surface area (Å²) in [5, 5.41) is 10.9. The van der Waals surface area contributed by atoms with Gasteiger partial charge in [0.15, 0.2) is 0 Å². The number of carbonyl (C=O) groups excluding carboxylic acids is 1. The number of carbonyl (C=O) groups is 2. The summed E-state index contributed by atoms with van der Waals surface area (Å²) in [4.78, 5) is 21.9. The van der Waals surface area contributed by atoms with E-state index in [1.165, 1.54) is 25.1 Å². The summed E-state index contributed by atoms with van der Waals surface area (Å²) in [5.74, 6) is -1.49. The molecule has 0 aliphatic rings. The Kier molecular flexibility index (Phi) is 5.75. The predicted molar refractivity (Wildman–Crippen MR) is 69.5 cm³/mol. The molecule has 0 aromatic heterocycles. The average molecular weight is 303 g/mol. The Hall–Kier alpha value is -2.05. The van der Waals surface area contributed by atoms with E-state index in [-0.39, 0.29) is 24.8 Å². The summed E-state index contributed by atoms with van der Waals surface area (Å²) in [6, 6.07) is 4.22. The minimum absolute atomic E-state index is 0.0171. The van der Waals surface area contributed by atoms with E-state index in [0.29, 0.717) is 0 Å². The lowest BCUT2D eigenvalue weighted by atomic mass is 10.0. The van der Waals surface area contributed by atoms with E-state index >= 15 is 0 Å². The zero-order valence-electron chi connectivity index (χ0n) is 11.4. The van der Waals surface area contributed by atoms with Gasteiger partial charge in [-0.15, -0.1) is 0 Å². The second kappa shape index (κ2) is 7.10. The first-order chi connectivity index (χ1) is 9.71. The van der Waals surface area contributed by atoms with Crippen molar-refractivity contribution in [3.05, 3.63) is 35.4 Å². The van der Waals surface area contributed by atoms with Gasteiger partial charge in [-0.2, -0.15) is 13.2 Å². The molecule has 1 aromatic rings. The largest absolute Gasteiger partial charge is 0.481 e. The highest BCUT2D eigenvalue weighted by Gasteiger charge is 2.34. The van der Waals surface area contributed by atoms with Crippen molar-refractivity contribution in [3.63, 3.8) is 0 Å². The second-order valence-electron chi connectivity index (χ2n) is 4.62. The van der Waals surface area contributed by atoms with Gasteiger partial charge in [0.2, 0.25) is 5.91 Å². The van der Waals surface area contributed by atoms with Gasteiger partial charge in [0.1, 0.15) is 0 Å². The highest BCUT2D eigenvalue weighted by molar-refractivity contribution is 5.77. The summed E-state index contributed by atoms with van der Waals surface area (Å²) in [6.07, 6.45) is -4.53. The molecule has 1 rings (SSSR count). The van der Waals surface area contributed by atoms with E-state index in [2.05, 4.69) is 5.32 Å². The summed E-state index contributed by atoms with van der Waals surface area (Å²) in [5.41, 5.74) is -0.806. The van der Waals surface area contributed by atoms with Crippen molar-refractivity contribution in [2.45, 2.75) is 38.4 Å². The molecule has 1 amide bonds. The van der Waals surface area contributed by atoms with Crippen LogP contribution >= 0.6 is 0 Å². The number of nitrogens with one attached hydrogen (secondary N) is 1. The van der Waals surface area contributed by atoms with Gasteiger partial charge < -0.3 is 10.4 Å². The van der Waals surface area contributed by atoms with Crippen LogP contribution in [0, 0.1) is 0 Å². The Labute approximate surface area is 120 Å². The van der Waals surface area contributed by atoms with Crippen molar-refractivity contribution < 1.29 is 27.9 Å². The first-order valence-corrected chi connectivity index (χ1v) is 6.39. The normalized spacial score (nSPS) is 12.8. The van der Waals surface area contributed by atoms with Gasteiger partial charge in [-0.05, 0) is 25.0 Å². The van der Waals surface area contributed by atoms with Gasteiger partial charge in [0, 0.05) is 12.8 Å². The average Bonchev–Trinajstić information content (AvgIpc) is 2.37. The molecule has 21 heavy (non-hydrogen) atoms. The molecule has 0 radical (unpaired) electrons. The fourth-order valence-corrected chi connectivity index (χ4v) is 1.92. The molecular weight excluding hydrogens is 287 g/mol. The third kappa shape index (κ3) is 5.45. The Morgan fingerprint density at radius 1 is 1.24 bits per heavy atom. The van der Waals surface area contributed by atoms with Crippen LogP contribution in [0.2, 0.25) is 0 Å². The predicted octanol–water partition coefficient (Wildman–Crippen LogP) is 3.14. The summed E-state index contributed by atoms with van der Waals surface area (Å²) in [6.45, 7) is 1.46. The molecule has 0 fully saturated rings. The van der Waals surface area contributed by atoms with Crippen molar-refractivity contribution in [1.82, 2.24) is 5.32 Å². The van der Waals surface area contributed by atoms with Gasteiger partial charge in [0.05, 0.1) is 11.6 Å². The summed E-state index contributed by atoms with van der Waals surface area (Å²) >= 11 is 0. The molecule has 0 saturated carbocycles. The number of alkyl halides is 3. The van der Waals surface area contributed by atoms with Crippen molar-refractivity contribution in [1.29, 1.82) is 0 Å². The molecule has 4 nitrogen and oxygen atoms in total. The molecule has 0 spiro atoms. The monoisotopic (exact) mass is 303 g/mol. The SMILES string of the molecule is C[C@@H](NC(=O)CCCC(=O)O)c1ccccc1C(F)(F)F.